The fourth-order valence-electron chi connectivity index (χ4n) is 3.31. The number of aliphatic imine (C=N–C) groups is 1. The summed E-state index contributed by atoms with van der Waals surface area (Å²) in [5.74, 6) is 0.518. The Morgan fingerprint density at radius 1 is 1.00 bits per heavy atom. The highest BCUT2D eigenvalue weighted by molar-refractivity contribution is 5.86. The van der Waals surface area contributed by atoms with Gasteiger partial charge in [0, 0.05) is 23.6 Å². The van der Waals surface area contributed by atoms with Crippen LogP contribution in [0.25, 0.3) is 22.3 Å². The normalized spacial score (nSPS) is 12.3. The predicted octanol–water partition coefficient (Wildman–Crippen LogP) is 5.69. The maximum Gasteiger partial charge on any atom is 0.331 e. The number of fused-ring (bicyclic) bond motifs is 1. The number of benzene rings is 3. The Hall–Kier alpha value is -3.66. The lowest BCUT2D eigenvalue weighted by molar-refractivity contribution is -0.144. The average Bonchev–Trinajstić information content (AvgIpc) is 3.22. The van der Waals surface area contributed by atoms with Gasteiger partial charge in [-0.05, 0) is 30.2 Å². The van der Waals surface area contributed by atoms with Crippen molar-refractivity contribution < 1.29 is 13.9 Å². The topological polar surface area (TPSA) is 51.8 Å². The lowest BCUT2D eigenvalue weighted by Gasteiger charge is -2.11. The molecule has 0 aliphatic carbocycles. The van der Waals surface area contributed by atoms with Crippen LogP contribution in [0.15, 0.2) is 94.3 Å². The van der Waals surface area contributed by atoms with E-state index < -0.39 is 6.04 Å². The number of ether oxygens (including phenoxy) is 1. The molecule has 4 heteroatoms. The van der Waals surface area contributed by atoms with Crippen molar-refractivity contribution in [2.24, 2.45) is 4.99 Å². The summed E-state index contributed by atoms with van der Waals surface area (Å²) in [6, 6.07) is 27.2. The van der Waals surface area contributed by atoms with Crippen LogP contribution in [0, 0.1) is 0 Å². The van der Waals surface area contributed by atoms with Gasteiger partial charge in [-0.2, -0.15) is 0 Å². The fraction of sp³-hybridized carbons (Fsp3) is 0.154. The van der Waals surface area contributed by atoms with Gasteiger partial charge in [0.1, 0.15) is 11.3 Å². The minimum Gasteiger partial charge on any atom is -0.464 e. The van der Waals surface area contributed by atoms with Crippen LogP contribution in [0.5, 0.6) is 0 Å². The Labute approximate surface area is 175 Å². The molecule has 0 aliphatic heterocycles. The van der Waals surface area contributed by atoms with E-state index in [0.717, 1.165) is 33.4 Å². The van der Waals surface area contributed by atoms with Crippen LogP contribution in [0.2, 0.25) is 0 Å². The second-order valence-electron chi connectivity index (χ2n) is 7.01. The van der Waals surface area contributed by atoms with Gasteiger partial charge in [0.2, 0.25) is 0 Å². The molecule has 0 N–H and O–H groups in total. The summed E-state index contributed by atoms with van der Waals surface area (Å²) in [4.78, 5) is 16.9. The molecule has 0 unspecified atom stereocenters. The van der Waals surface area contributed by atoms with Gasteiger partial charge in [-0.1, -0.05) is 72.8 Å². The van der Waals surface area contributed by atoms with Crippen molar-refractivity contribution >= 4 is 23.2 Å². The van der Waals surface area contributed by atoms with Crippen LogP contribution in [0.1, 0.15) is 18.1 Å². The number of carbonyl (C=O) groups excluding carboxylic acids is 1. The third-order valence-corrected chi connectivity index (χ3v) is 4.85. The number of carbonyl (C=O) groups is 1. The molecule has 1 atom stereocenters. The van der Waals surface area contributed by atoms with Gasteiger partial charge in [-0.3, -0.25) is 4.99 Å². The summed E-state index contributed by atoms with van der Waals surface area (Å²) in [6.45, 7) is 2.14. The Bertz CT molecular complexity index is 1110. The summed E-state index contributed by atoms with van der Waals surface area (Å²) in [7, 11) is 0. The minimum absolute atomic E-state index is 0.309. The quantitative estimate of drug-likeness (QED) is 0.297. The van der Waals surface area contributed by atoms with E-state index in [0.29, 0.717) is 13.0 Å². The molecule has 0 amide bonds. The highest BCUT2D eigenvalue weighted by Crippen LogP contribution is 2.27. The van der Waals surface area contributed by atoms with E-state index >= 15 is 0 Å². The second-order valence-corrected chi connectivity index (χ2v) is 7.01. The van der Waals surface area contributed by atoms with Crippen LogP contribution in [0.4, 0.5) is 0 Å². The molecule has 150 valence electrons. The summed E-state index contributed by atoms with van der Waals surface area (Å²) in [6.07, 6.45) is 2.24. The number of nitrogens with zero attached hydrogens (tertiary/aromatic N) is 1. The Balaban J connectivity index is 1.51. The minimum atomic E-state index is -0.567. The zero-order chi connectivity index (χ0) is 20.8. The molecule has 0 spiro atoms. The maximum absolute atomic E-state index is 12.3. The van der Waals surface area contributed by atoms with Crippen molar-refractivity contribution in [2.45, 2.75) is 19.4 Å². The summed E-state index contributed by atoms with van der Waals surface area (Å²) in [5.41, 5.74) is 3.83. The number of rotatable bonds is 7. The van der Waals surface area contributed by atoms with Gasteiger partial charge in [-0.15, -0.1) is 0 Å². The number of furan rings is 1. The first-order valence-corrected chi connectivity index (χ1v) is 10.1. The molecule has 0 bridgehead atoms. The third kappa shape index (κ3) is 4.66. The molecule has 3 aromatic carbocycles. The van der Waals surface area contributed by atoms with E-state index in [2.05, 4.69) is 4.99 Å². The Morgan fingerprint density at radius 3 is 2.47 bits per heavy atom. The number of hydrogen-bond acceptors (Lipinski definition) is 4. The molecule has 1 aromatic heterocycles. The molecule has 0 radical (unpaired) electrons. The highest BCUT2D eigenvalue weighted by Gasteiger charge is 2.18. The maximum atomic E-state index is 12.3. The molecule has 30 heavy (non-hydrogen) atoms. The SMILES string of the molecule is CCOC(=O)[C@H](Cc1ccccc1)N=Cc1ccc(-c2cc3ccccc3o2)cc1. The van der Waals surface area contributed by atoms with Gasteiger partial charge in [0.05, 0.1) is 6.61 Å². The van der Waals surface area contributed by atoms with E-state index in [1.807, 2.05) is 84.9 Å². The molecule has 1 heterocycles. The fourth-order valence-corrected chi connectivity index (χ4v) is 3.31. The predicted molar refractivity (Wildman–Crippen MR) is 120 cm³/mol. The van der Waals surface area contributed by atoms with Gasteiger partial charge in [0.15, 0.2) is 6.04 Å². The van der Waals surface area contributed by atoms with Crippen molar-refractivity contribution in [1.29, 1.82) is 0 Å². The molecule has 0 fully saturated rings. The Kier molecular flexibility index (Phi) is 6.04. The number of esters is 1. The molecule has 4 aromatic rings. The zero-order valence-electron chi connectivity index (χ0n) is 16.8. The van der Waals surface area contributed by atoms with Crippen molar-refractivity contribution in [3.05, 3.63) is 96.1 Å². The van der Waals surface area contributed by atoms with E-state index in [1.54, 1.807) is 13.1 Å². The Morgan fingerprint density at radius 2 is 1.73 bits per heavy atom. The molecular weight excluding hydrogens is 374 g/mol. The zero-order valence-corrected chi connectivity index (χ0v) is 16.8. The van der Waals surface area contributed by atoms with E-state index in [9.17, 15) is 4.79 Å². The molecule has 0 saturated heterocycles. The second kappa shape index (κ2) is 9.23. The van der Waals surface area contributed by atoms with Crippen molar-refractivity contribution in [3.63, 3.8) is 0 Å². The largest absolute Gasteiger partial charge is 0.464 e. The van der Waals surface area contributed by atoms with Gasteiger partial charge >= 0.3 is 5.97 Å². The number of hydrogen-bond donors (Lipinski definition) is 0. The molecule has 4 rings (SSSR count). The van der Waals surface area contributed by atoms with Crippen LogP contribution in [-0.2, 0) is 16.0 Å². The number of para-hydroxylation sites is 1. The molecule has 0 saturated carbocycles. The lowest BCUT2D eigenvalue weighted by Crippen LogP contribution is -2.24. The summed E-state index contributed by atoms with van der Waals surface area (Å²) < 4.78 is 11.1. The van der Waals surface area contributed by atoms with Crippen molar-refractivity contribution in [1.82, 2.24) is 0 Å². The summed E-state index contributed by atoms with van der Waals surface area (Å²) >= 11 is 0. The first kappa shape index (κ1) is 19.6. The first-order valence-electron chi connectivity index (χ1n) is 10.1. The van der Waals surface area contributed by atoms with Gasteiger partial charge in [0.25, 0.3) is 0 Å². The van der Waals surface area contributed by atoms with E-state index in [4.69, 9.17) is 9.15 Å². The lowest BCUT2D eigenvalue weighted by atomic mass is 10.1. The van der Waals surface area contributed by atoms with Crippen LogP contribution < -0.4 is 0 Å². The smallest absolute Gasteiger partial charge is 0.331 e. The molecule has 4 nitrogen and oxygen atoms in total. The standard InChI is InChI=1S/C26H23NO3/c1-2-29-26(28)23(16-19-8-4-3-5-9-19)27-18-20-12-14-21(15-13-20)25-17-22-10-6-7-11-24(22)30-25/h3-15,17-18,23H,2,16H2,1H3/t23-/m0/s1. The molecular formula is C26H23NO3. The van der Waals surface area contributed by atoms with Crippen LogP contribution in [0.3, 0.4) is 0 Å². The van der Waals surface area contributed by atoms with Crippen LogP contribution in [-0.4, -0.2) is 24.8 Å². The third-order valence-electron chi connectivity index (χ3n) is 4.85. The highest BCUT2D eigenvalue weighted by atomic mass is 16.5. The van der Waals surface area contributed by atoms with Crippen LogP contribution >= 0.6 is 0 Å². The summed E-state index contributed by atoms with van der Waals surface area (Å²) in [5, 5.41) is 1.08. The van der Waals surface area contributed by atoms with Gasteiger partial charge in [-0.25, -0.2) is 4.79 Å². The van der Waals surface area contributed by atoms with Crippen molar-refractivity contribution in [2.75, 3.05) is 6.61 Å². The van der Waals surface area contributed by atoms with E-state index in [-0.39, 0.29) is 5.97 Å². The first-order chi connectivity index (χ1) is 14.7. The van der Waals surface area contributed by atoms with Gasteiger partial charge < -0.3 is 9.15 Å². The monoisotopic (exact) mass is 397 g/mol. The molecule has 0 aliphatic rings. The van der Waals surface area contributed by atoms with Crippen molar-refractivity contribution in [3.8, 4) is 11.3 Å². The van der Waals surface area contributed by atoms with E-state index in [1.165, 1.54) is 0 Å². The average molecular weight is 397 g/mol.